The van der Waals surface area contributed by atoms with Crippen LogP contribution in [-0.4, -0.2) is 86.0 Å². The Bertz CT molecular complexity index is 1410. The van der Waals surface area contributed by atoms with Crippen LogP contribution in [0.15, 0.2) is 42.5 Å². The van der Waals surface area contributed by atoms with Gasteiger partial charge in [-0.15, -0.1) is 0 Å². The van der Waals surface area contributed by atoms with Gasteiger partial charge in [-0.05, 0) is 61.1 Å². The fourth-order valence-electron chi connectivity index (χ4n) is 5.48. The van der Waals surface area contributed by atoms with Crippen LogP contribution >= 0.6 is 0 Å². The fourth-order valence-corrected chi connectivity index (χ4v) is 5.48. The number of carbonyl (C=O) groups excluding carboxylic acids is 5. The lowest BCUT2D eigenvalue weighted by molar-refractivity contribution is -0.143. The van der Waals surface area contributed by atoms with Crippen molar-refractivity contribution in [3.63, 3.8) is 0 Å². The Morgan fingerprint density at radius 1 is 0.978 bits per heavy atom. The van der Waals surface area contributed by atoms with Crippen LogP contribution in [0.1, 0.15) is 44.7 Å². The van der Waals surface area contributed by atoms with Crippen LogP contribution in [-0.2, 0) is 36.9 Å². The molecule has 0 unspecified atom stereocenters. The summed E-state index contributed by atoms with van der Waals surface area (Å²) >= 11 is 0. The van der Waals surface area contributed by atoms with E-state index in [1.165, 1.54) is 26.0 Å². The molecule has 2 aromatic carbocycles. The quantitative estimate of drug-likeness (QED) is 0.366. The van der Waals surface area contributed by atoms with Crippen molar-refractivity contribution in [3.8, 4) is 17.2 Å². The molecule has 248 valence electrons. The molecule has 13 nitrogen and oxygen atoms in total. The first-order chi connectivity index (χ1) is 22.0. The smallest absolute Gasteiger partial charge is 0.258 e. The lowest BCUT2D eigenvalue weighted by atomic mass is 10.0. The number of rotatable bonds is 6. The van der Waals surface area contributed by atoms with E-state index >= 15 is 0 Å². The maximum atomic E-state index is 13.5. The van der Waals surface area contributed by atoms with Gasteiger partial charge in [0.1, 0.15) is 41.4 Å². The molecule has 2 bridgehead atoms. The number of hydrogen-bond acceptors (Lipinski definition) is 8. The van der Waals surface area contributed by atoms with E-state index in [9.17, 15) is 24.0 Å². The van der Waals surface area contributed by atoms with E-state index in [1.54, 1.807) is 42.5 Å². The number of ether oxygens (including phenoxy) is 3. The van der Waals surface area contributed by atoms with E-state index in [4.69, 9.17) is 14.2 Å². The highest BCUT2D eigenvalue weighted by molar-refractivity contribution is 5.96. The number of carbonyl (C=O) groups is 5. The monoisotopic (exact) mass is 637 g/mol. The minimum absolute atomic E-state index is 0.140. The summed E-state index contributed by atoms with van der Waals surface area (Å²) in [5.41, 5.74) is 1.45. The van der Waals surface area contributed by atoms with Gasteiger partial charge >= 0.3 is 0 Å². The highest BCUT2D eigenvalue weighted by Gasteiger charge is 2.39. The van der Waals surface area contributed by atoms with Crippen LogP contribution in [0.4, 0.5) is 0 Å². The summed E-state index contributed by atoms with van der Waals surface area (Å²) in [6.45, 7) is 5.33. The molecule has 4 atom stereocenters. The average molecular weight is 638 g/mol. The molecular weight excluding hydrogens is 594 g/mol. The lowest BCUT2D eigenvalue weighted by Crippen LogP contribution is -2.58. The molecule has 0 spiro atoms. The van der Waals surface area contributed by atoms with E-state index in [-0.39, 0.29) is 31.4 Å². The number of fused-ring (bicyclic) bond motifs is 13. The summed E-state index contributed by atoms with van der Waals surface area (Å²) in [5.74, 6) is -1.01. The first-order valence-corrected chi connectivity index (χ1v) is 15.4. The van der Waals surface area contributed by atoms with E-state index in [0.717, 1.165) is 11.1 Å². The van der Waals surface area contributed by atoms with Crippen molar-refractivity contribution >= 4 is 29.5 Å². The molecule has 5 rings (SSSR count). The second-order valence-electron chi connectivity index (χ2n) is 11.8. The maximum Gasteiger partial charge on any atom is 0.258 e. The zero-order chi connectivity index (χ0) is 33.4. The van der Waals surface area contributed by atoms with Gasteiger partial charge in [0.15, 0.2) is 6.61 Å². The van der Waals surface area contributed by atoms with E-state index in [2.05, 4.69) is 21.3 Å². The van der Waals surface area contributed by atoms with Gasteiger partial charge in [0.25, 0.3) is 5.91 Å². The number of nitrogens with one attached hydrogen (secondary N) is 4. The van der Waals surface area contributed by atoms with Crippen LogP contribution in [0.5, 0.6) is 17.2 Å². The molecule has 3 heterocycles. The minimum Gasteiger partial charge on any atom is -0.497 e. The molecular formula is C33H43N5O8. The predicted octanol–water partition coefficient (Wildman–Crippen LogP) is 1.08. The molecule has 4 N–H and O–H groups in total. The Hall–Kier alpha value is -4.81. The number of nitrogens with zero attached hydrogens (tertiary/aromatic N) is 1. The van der Waals surface area contributed by atoms with Gasteiger partial charge in [-0.25, -0.2) is 0 Å². The van der Waals surface area contributed by atoms with Gasteiger partial charge in [0.2, 0.25) is 23.6 Å². The van der Waals surface area contributed by atoms with Crippen LogP contribution < -0.4 is 35.5 Å². The fraction of sp³-hybridized carbons (Fsp3) is 0.485. The van der Waals surface area contributed by atoms with Gasteiger partial charge in [-0.2, -0.15) is 0 Å². The highest BCUT2D eigenvalue weighted by Crippen LogP contribution is 2.23. The predicted molar refractivity (Wildman–Crippen MR) is 168 cm³/mol. The molecule has 46 heavy (non-hydrogen) atoms. The highest BCUT2D eigenvalue weighted by atomic mass is 16.5. The molecule has 1 saturated heterocycles. The molecule has 2 aromatic rings. The Labute approximate surface area is 268 Å². The van der Waals surface area contributed by atoms with E-state index in [0.29, 0.717) is 36.6 Å². The molecule has 1 fully saturated rings. The second-order valence-corrected chi connectivity index (χ2v) is 11.8. The Morgan fingerprint density at radius 3 is 2.28 bits per heavy atom. The van der Waals surface area contributed by atoms with Gasteiger partial charge in [-0.1, -0.05) is 26.0 Å². The molecule has 0 radical (unpaired) electrons. The van der Waals surface area contributed by atoms with Crippen molar-refractivity contribution in [1.82, 2.24) is 26.2 Å². The normalized spacial score (nSPS) is 22.8. The molecule has 3 aliphatic rings. The lowest BCUT2D eigenvalue weighted by Gasteiger charge is -2.31. The van der Waals surface area contributed by atoms with Gasteiger partial charge in [-0.3, -0.25) is 24.0 Å². The zero-order valence-electron chi connectivity index (χ0n) is 26.9. The van der Waals surface area contributed by atoms with Gasteiger partial charge in [0, 0.05) is 25.6 Å². The minimum atomic E-state index is -0.999. The maximum absolute atomic E-state index is 13.5. The second kappa shape index (κ2) is 15.5. The molecule has 0 aliphatic carbocycles. The summed E-state index contributed by atoms with van der Waals surface area (Å²) in [4.78, 5) is 68.0. The first kappa shape index (κ1) is 34.1. The van der Waals surface area contributed by atoms with Crippen LogP contribution in [0.3, 0.4) is 0 Å². The van der Waals surface area contributed by atoms with Crippen LogP contribution in [0, 0.1) is 5.92 Å². The zero-order valence-corrected chi connectivity index (χ0v) is 26.9. The molecule has 0 saturated carbocycles. The van der Waals surface area contributed by atoms with Crippen molar-refractivity contribution in [2.45, 2.75) is 70.7 Å². The number of methoxy groups -OCH3 is 2. The molecule has 13 heteroatoms. The standard InChI is InChI=1S/C33H43N5O8/c1-19(2)29-33(43)38-12-6-7-27(38)32(42)35-20(3)30(40)36-26(15-21-8-10-23(11-9-21)46-18-28(39)37-29)31(41)34-17-22-13-24(44-4)16-25(14-22)45-5/h8-11,13-14,16,19-20,26-27,29H,6-7,12,15,17-18H2,1-5H3,(H,34,41)(H,35,42)(H,36,40)(H,37,39)/t20-,26-,27+,29-/m0/s1. The van der Waals surface area contributed by atoms with Crippen LogP contribution in [0.2, 0.25) is 0 Å². The van der Waals surface area contributed by atoms with E-state index in [1.807, 2.05) is 13.8 Å². The van der Waals surface area contributed by atoms with Crippen molar-refractivity contribution in [2.75, 3.05) is 27.4 Å². The Kier molecular flexibility index (Phi) is 11.4. The van der Waals surface area contributed by atoms with Crippen LogP contribution in [0.25, 0.3) is 0 Å². The van der Waals surface area contributed by atoms with Gasteiger partial charge in [0.05, 0.1) is 14.2 Å². The molecule has 5 amide bonds. The molecule has 0 aromatic heterocycles. The SMILES string of the molecule is COc1cc(CNC(=O)[C@@H]2Cc3ccc(cc3)OCC(=O)N[C@@H](C(C)C)C(=O)N3CCC[C@@H]3C(=O)N[C@@H](C)C(=O)N2)cc(OC)c1. The third kappa shape index (κ3) is 8.67. The number of amides is 5. The molecule has 3 aliphatic heterocycles. The average Bonchev–Trinajstić information content (AvgIpc) is 3.54. The Balaban J connectivity index is 1.57. The summed E-state index contributed by atoms with van der Waals surface area (Å²) in [5, 5.41) is 11.1. The number of benzene rings is 2. The summed E-state index contributed by atoms with van der Waals surface area (Å²) in [6, 6.07) is 8.42. The van der Waals surface area contributed by atoms with Crippen molar-refractivity contribution in [3.05, 3.63) is 53.6 Å². The largest absolute Gasteiger partial charge is 0.497 e. The Morgan fingerprint density at radius 2 is 1.65 bits per heavy atom. The summed E-state index contributed by atoms with van der Waals surface area (Å²) < 4.78 is 16.3. The first-order valence-electron chi connectivity index (χ1n) is 15.4. The number of hydrogen-bond donors (Lipinski definition) is 4. The third-order valence-electron chi connectivity index (χ3n) is 8.08. The van der Waals surface area contributed by atoms with Gasteiger partial charge < -0.3 is 40.4 Å². The third-order valence-corrected chi connectivity index (χ3v) is 8.08. The van der Waals surface area contributed by atoms with Crippen molar-refractivity contribution in [2.24, 2.45) is 5.92 Å². The summed E-state index contributed by atoms with van der Waals surface area (Å²) in [7, 11) is 3.07. The van der Waals surface area contributed by atoms with Crippen molar-refractivity contribution in [1.29, 1.82) is 0 Å². The topological polar surface area (TPSA) is 164 Å². The van der Waals surface area contributed by atoms with Crippen molar-refractivity contribution < 1.29 is 38.2 Å². The van der Waals surface area contributed by atoms with E-state index < -0.39 is 47.8 Å². The summed E-state index contributed by atoms with van der Waals surface area (Å²) in [6.07, 6.45) is 1.16.